The Kier molecular flexibility index (Phi) is 8.41. The average molecular weight is 628 g/mol. The summed E-state index contributed by atoms with van der Waals surface area (Å²) in [5.41, 5.74) is 1.82. The fourth-order valence-corrected chi connectivity index (χ4v) is 7.03. The van der Waals surface area contributed by atoms with E-state index in [0.29, 0.717) is 35.1 Å². The van der Waals surface area contributed by atoms with Crippen molar-refractivity contribution in [1.82, 2.24) is 9.29 Å². The van der Waals surface area contributed by atoms with E-state index in [4.69, 9.17) is 4.74 Å². The molecule has 0 atom stereocenters. The van der Waals surface area contributed by atoms with Crippen LogP contribution < -0.4 is 9.75 Å². The van der Waals surface area contributed by atoms with Crippen LogP contribution in [-0.2, 0) is 10.0 Å². The largest absolute Gasteiger partial charge is 0.497 e. The van der Waals surface area contributed by atoms with Gasteiger partial charge in [0.2, 0.25) is 15.2 Å². The molecule has 1 aliphatic heterocycles. The second-order valence-electron chi connectivity index (χ2n) is 9.09. The standard InChI is InChI=1S/C28H27BrN4O4S2/c1-37-23-12-15-25-26(18-23)38-28(31-25)33(30-19-20-6-10-22(29)11-7-20)27(34)21-8-13-24(14-9-21)39(35,36)32-16-4-2-3-5-17-32/h6-15,18-19H,2-5,16-17H2,1H3/b30-19+. The molecule has 0 unspecified atom stereocenters. The first kappa shape index (κ1) is 27.4. The van der Waals surface area contributed by atoms with E-state index in [9.17, 15) is 13.2 Å². The number of thiazole rings is 1. The van der Waals surface area contributed by atoms with Gasteiger partial charge in [0.1, 0.15) is 5.75 Å². The number of hydrogen-bond donors (Lipinski definition) is 0. The van der Waals surface area contributed by atoms with Crippen molar-refractivity contribution in [2.45, 2.75) is 30.6 Å². The van der Waals surface area contributed by atoms with Crippen molar-refractivity contribution in [2.75, 3.05) is 25.2 Å². The molecule has 1 aromatic heterocycles. The number of fused-ring (bicyclic) bond motifs is 1. The highest BCUT2D eigenvalue weighted by molar-refractivity contribution is 9.10. The zero-order chi connectivity index (χ0) is 27.4. The Bertz CT molecular complexity index is 1600. The van der Waals surface area contributed by atoms with Gasteiger partial charge in [-0.2, -0.15) is 14.4 Å². The van der Waals surface area contributed by atoms with Gasteiger partial charge < -0.3 is 4.74 Å². The molecule has 1 amide bonds. The number of ether oxygens (including phenoxy) is 1. The Balaban J connectivity index is 1.47. The molecule has 0 spiro atoms. The first-order valence-corrected chi connectivity index (χ1v) is 15.6. The number of sulfonamides is 1. The minimum absolute atomic E-state index is 0.179. The number of hydrogen-bond acceptors (Lipinski definition) is 7. The molecule has 1 aliphatic rings. The Morgan fingerprint density at radius 3 is 2.38 bits per heavy atom. The maximum Gasteiger partial charge on any atom is 0.280 e. The quantitative estimate of drug-likeness (QED) is 0.177. The summed E-state index contributed by atoms with van der Waals surface area (Å²) in [4.78, 5) is 18.5. The van der Waals surface area contributed by atoms with Crippen molar-refractivity contribution >= 4 is 64.8 Å². The van der Waals surface area contributed by atoms with Crippen LogP contribution in [0.5, 0.6) is 5.75 Å². The second-order valence-corrected chi connectivity index (χ2v) is 12.9. The number of aromatic nitrogens is 1. The van der Waals surface area contributed by atoms with E-state index >= 15 is 0 Å². The monoisotopic (exact) mass is 626 g/mol. The molecular weight excluding hydrogens is 600 g/mol. The lowest BCUT2D eigenvalue weighted by Gasteiger charge is -2.20. The third-order valence-corrected chi connectivity index (χ3v) is 9.89. The van der Waals surface area contributed by atoms with Crippen LogP contribution >= 0.6 is 27.3 Å². The van der Waals surface area contributed by atoms with Gasteiger partial charge in [0.15, 0.2) is 0 Å². The molecule has 202 valence electrons. The van der Waals surface area contributed by atoms with E-state index in [-0.39, 0.29) is 4.90 Å². The molecule has 0 N–H and O–H groups in total. The molecule has 0 aliphatic carbocycles. The van der Waals surface area contributed by atoms with Crippen LogP contribution in [0, 0.1) is 0 Å². The fourth-order valence-electron chi connectivity index (χ4n) is 4.30. The van der Waals surface area contributed by atoms with Crippen LogP contribution in [0.4, 0.5) is 5.13 Å². The van der Waals surface area contributed by atoms with Gasteiger partial charge in [0.25, 0.3) is 5.91 Å². The van der Waals surface area contributed by atoms with Gasteiger partial charge in [-0.1, -0.05) is 52.2 Å². The summed E-state index contributed by atoms with van der Waals surface area (Å²) in [6, 6.07) is 19.1. The Labute approximate surface area is 240 Å². The molecule has 0 radical (unpaired) electrons. The highest BCUT2D eigenvalue weighted by atomic mass is 79.9. The number of nitrogens with zero attached hydrogens (tertiary/aromatic N) is 4. The fraction of sp³-hybridized carbons (Fsp3) is 0.250. The van der Waals surface area contributed by atoms with Gasteiger partial charge in [-0.15, -0.1) is 0 Å². The number of anilines is 1. The van der Waals surface area contributed by atoms with Crippen LogP contribution in [0.15, 0.2) is 81.2 Å². The average Bonchev–Trinajstić information content (AvgIpc) is 3.16. The number of carbonyl (C=O) groups excluding carboxylic acids is 1. The van der Waals surface area contributed by atoms with Gasteiger partial charge in [-0.25, -0.2) is 13.4 Å². The molecule has 5 rings (SSSR count). The lowest BCUT2D eigenvalue weighted by Crippen LogP contribution is -2.32. The van der Waals surface area contributed by atoms with Crippen LogP contribution in [-0.4, -0.2) is 50.0 Å². The van der Waals surface area contributed by atoms with E-state index in [1.54, 1.807) is 17.6 Å². The first-order valence-electron chi connectivity index (χ1n) is 12.5. The molecule has 3 aromatic carbocycles. The maximum atomic E-state index is 13.7. The third-order valence-electron chi connectivity index (χ3n) is 6.45. The van der Waals surface area contributed by atoms with Crippen molar-refractivity contribution in [3.05, 3.63) is 82.3 Å². The summed E-state index contributed by atoms with van der Waals surface area (Å²) >= 11 is 4.74. The van der Waals surface area contributed by atoms with Gasteiger partial charge >= 0.3 is 0 Å². The smallest absolute Gasteiger partial charge is 0.280 e. The van der Waals surface area contributed by atoms with Gasteiger partial charge in [0, 0.05) is 23.1 Å². The first-order chi connectivity index (χ1) is 18.8. The zero-order valence-electron chi connectivity index (χ0n) is 21.3. The predicted molar refractivity (Wildman–Crippen MR) is 158 cm³/mol. The molecule has 0 saturated carbocycles. The summed E-state index contributed by atoms with van der Waals surface area (Å²) in [6.07, 6.45) is 5.38. The molecule has 4 aromatic rings. The lowest BCUT2D eigenvalue weighted by molar-refractivity contribution is 0.0987. The number of rotatable bonds is 7. The molecule has 0 bridgehead atoms. The third kappa shape index (κ3) is 6.22. The molecule has 11 heteroatoms. The molecule has 1 saturated heterocycles. The number of amides is 1. The number of carbonyl (C=O) groups is 1. The number of hydrazone groups is 1. The van der Waals surface area contributed by atoms with E-state index < -0.39 is 15.9 Å². The van der Waals surface area contributed by atoms with Crippen LogP contribution in [0.3, 0.4) is 0 Å². The highest BCUT2D eigenvalue weighted by Crippen LogP contribution is 2.32. The summed E-state index contributed by atoms with van der Waals surface area (Å²) in [5, 5.41) is 6.13. The summed E-state index contributed by atoms with van der Waals surface area (Å²) in [6.45, 7) is 1.04. The molecule has 1 fully saturated rings. The topological polar surface area (TPSA) is 92.2 Å². The number of benzene rings is 3. The molecular formula is C28H27BrN4O4S2. The predicted octanol–water partition coefficient (Wildman–Crippen LogP) is 6.31. The molecule has 39 heavy (non-hydrogen) atoms. The normalized spacial score (nSPS) is 14.9. The Hall–Kier alpha value is -3.12. The van der Waals surface area contributed by atoms with E-state index in [0.717, 1.165) is 40.4 Å². The summed E-state index contributed by atoms with van der Waals surface area (Å²) in [7, 11) is -2.03. The van der Waals surface area contributed by atoms with E-state index in [1.165, 1.54) is 40.6 Å². The maximum absolute atomic E-state index is 13.7. The van der Waals surface area contributed by atoms with Gasteiger partial charge in [0.05, 0.1) is 28.4 Å². The highest BCUT2D eigenvalue weighted by Gasteiger charge is 2.26. The van der Waals surface area contributed by atoms with Crippen molar-refractivity contribution in [2.24, 2.45) is 5.10 Å². The van der Waals surface area contributed by atoms with Crippen molar-refractivity contribution in [3.8, 4) is 5.75 Å². The molecule has 8 nitrogen and oxygen atoms in total. The van der Waals surface area contributed by atoms with Gasteiger partial charge in [-0.3, -0.25) is 4.79 Å². The van der Waals surface area contributed by atoms with Crippen LogP contribution in [0.25, 0.3) is 10.2 Å². The summed E-state index contributed by atoms with van der Waals surface area (Å²) in [5.74, 6) is 0.267. The summed E-state index contributed by atoms with van der Waals surface area (Å²) < 4.78 is 35.0. The Morgan fingerprint density at radius 2 is 1.72 bits per heavy atom. The van der Waals surface area contributed by atoms with Crippen molar-refractivity contribution in [3.63, 3.8) is 0 Å². The SMILES string of the molecule is COc1ccc2nc(N(/N=C/c3ccc(Br)cc3)C(=O)c3ccc(S(=O)(=O)N4CCCCCC4)cc3)sc2c1. The van der Waals surface area contributed by atoms with E-state index in [1.807, 2.05) is 42.5 Å². The second kappa shape index (κ2) is 12.0. The van der Waals surface area contributed by atoms with Crippen LogP contribution in [0.1, 0.15) is 41.6 Å². The number of methoxy groups -OCH3 is 1. The van der Waals surface area contributed by atoms with Crippen molar-refractivity contribution in [1.29, 1.82) is 0 Å². The zero-order valence-corrected chi connectivity index (χ0v) is 24.5. The molecule has 2 heterocycles. The van der Waals surface area contributed by atoms with Crippen LogP contribution in [0.2, 0.25) is 0 Å². The minimum atomic E-state index is -3.62. The van der Waals surface area contributed by atoms with Crippen molar-refractivity contribution < 1.29 is 17.9 Å². The lowest BCUT2D eigenvalue weighted by atomic mass is 10.2. The Morgan fingerprint density at radius 1 is 1.03 bits per heavy atom. The van der Waals surface area contributed by atoms with Gasteiger partial charge in [-0.05, 0) is 73.0 Å². The van der Waals surface area contributed by atoms with E-state index in [2.05, 4.69) is 26.0 Å². The minimum Gasteiger partial charge on any atom is -0.497 e. The number of halogens is 1.